The summed E-state index contributed by atoms with van der Waals surface area (Å²) in [5.41, 5.74) is -0.689. The maximum atomic E-state index is 13.1. The summed E-state index contributed by atoms with van der Waals surface area (Å²) >= 11 is 0. The van der Waals surface area contributed by atoms with E-state index in [2.05, 4.69) is 55.4 Å². The largest absolute Gasteiger partial charge is 0.512 e. The smallest absolute Gasteiger partial charge is 0.165 e. The average molecular weight is 321 g/mol. The standard InChI is InChI=1S/C21H36O2/c1-14-9-11-20(7,18(14,3)4)16(22)13-17(23)21(8)12-10-15(2)19(21,5)6/h13-15,22H,9-12H2,1-8H3/b16-13-/t14-,15+,20-,21+/m0/s1. The highest BCUT2D eigenvalue weighted by molar-refractivity contribution is 5.96. The monoisotopic (exact) mass is 320 g/mol. The van der Waals surface area contributed by atoms with Crippen LogP contribution in [0.4, 0.5) is 0 Å². The Labute approximate surface area is 142 Å². The lowest BCUT2D eigenvalue weighted by Gasteiger charge is -2.42. The van der Waals surface area contributed by atoms with E-state index in [1.165, 1.54) is 0 Å². The number of hydrogen-bond acceptors (Lipinski definition) is 2. The Bertz CT molecular complexity index is 528. The van der Waals surface area contributed by atoms with Crippen LogP contribution in [0.2, 0.25) is 0 Å². The van der Waals surface area contributed by atoms with Gasteiger partial charge in [-0.05, 0) is 48.3 Å². The van der Waals surface area contributed by atoms with Crippen molar-refractivity contribution in [2.75, 3.05) is 0 Å². The zero-order chi connectivity index (χ0) is 17.8. The lowest BCUT2D eigenvalue weighted by atomic mass is 9.62. The fraction of sp³-hybridized carbons (Fsp3) is 0.857. The minimum atomic E-state index is -0.370. The molecule has 0 spiro atoms. The quantitative estimate of drug-likeness (QED) is 0.517. The Balaban J connectivity index is 2.34. The predicted octanol–water partition coefficient (Wildman–Crippen LogP) is 5.92. The van der Waals surface area contributed by atoms with Gasteiger partial charge in [-0.15, -0.1) is 0 Å². The molecular formula is C21H36O2. The van der Waals surface area contributed by atoms with Crippen LogP contribution in [0.5, 0.6) is 0 Å². The third kappa shape index (κ3) is 2.39. The van der Waals surface area contributed by atoms with Gasteiger partial charge in [-0.1, -0.05) is 55.4 Å². The van der Waals surface area contributed by atoms with Gasteiger partial charge in [0.1, 0.15) is 5.76 Å². The van der Waals surface area contributed by atoms with Gasteiger partial charge in [-0.2, -0.15) is 0 Å². The molecule has 0 aromatic carbocycles. The lowest BCUT2D eigenvalue weighted by molar-refractivity contribution is -0.128. The van der Waals surface area contributed by atoms with Crippen molar-refractivity contribution in [2.24, 2.45) is 33.5 Å². The Morgan fingerprint density at radius 1 is 0.870 bits per heavy atom. The molecule has 2 rings (SSSR count). The first-order valence-corrected chi connectivity index (χ1v) is 9.26. The molecular weight excluding hydrogens is 284 g/mol. The fourth-order valence-corrected chi connectivity index (χ4v) is 4.81. The Morgan fingerprint density at radius 3 is 1.61 bits per heavy atom. The summed E-state index contributed by atoms with van der Waals surface area (Å²) < 4.78 is 0. The maximum Gasteiger partial charge on any atom is 0.165 e. The van der Waals surface area contributed by atoms with E-state index in [0.29, 0.717) is 17.6 Å². The number of aliphatic hydroxyl groups is 1. The molecule has 2 aliphatic carbocycles. The van der Waals surface area contributed by atoms with Crippen LogP contribution in [0.15, 0.2) is 11.8 Å². The molecule has 2 saturated carbocycles. The Morgan fingerprint density at radius 2 is 1.26 bits per heavy atom. The molecule has 132 valence electrons. The van der Waals surface area contributed by atoms with Crippen LogP contribution >= 0.6 is 0 Å². The first-order valence-electron chi connectivity index (χ1n) is 9.26. The van der Waals surface area contributed by atoms with Crippen molar-refractivity contribution in [3.63, 3.8) is 0 Å². The molecule has 2 nitrogen and oxygen atoms in total. The summed E-state index contributed by atoms with van der Waals surface area (Å²) in [6, 6.07) is 0. The number of carbonyl (C=O) groups is 1. The van der Waals surface area contributed by atoms with E-state index in [1.54, 1.807) is 6.08 Å². The van der Waals surface area contributed by atoms with E-state index in [9.17, 15) is 9.90 Å². The van der Waals surface area contributed by atoms with Gasteiger partial charge in [-0.25, -0.2) is 0 Å². The van der Waals surface area contributed by atoms with E-state index in [-0.39, 0.29) is 27.4 Å². The van der Waals surface area contributed by atoms with Crippen LogP contribution in [-0.4, -0.2) is 10.9 Å². The molecule has 0 aliphatic heterocycles. The second-order valence-corrected chi connectivity index (χ2v) is 9.88. The van der Waals surface area contributed by atoms with E-state index in [0.717, 1.165) is 25.7 Å². The summed E-state index contributed by atoms with van der Waals surface area (Å²) in [6.07, 6.45) is 5.65. The van der Waals surface area contributed by atoms with Crippen molar-refractivity contribution in [1.82, 2.24) is 0 Å². The highest BCUT2D eigenvalue weighted by Gasteiger charge is 2.55. The number of rotatable bonds is 3. The molecule has 0 unspecified atom stereocenters. The van der Waals surface area contributed by atoms with Crippen LogP contribution in [0.25, 0.3) is 0 Å². The van der Waals surface area contributed by atoms with Crippen LogP contribution in [0.1, 0.15) is 81.1 Å². The number of ketones is 1. The molecule has 4 atom stereocenters. The molecule has 0 aromatic heterocycles. The zero-order valence-corrected chi connectivity index (χ0v) is 16.4. The molecule has 2 fully saturated rings. The third-order valence-corrected chi connectivity index (χ3v) is 8.84. The number of aliphatic hydroxyl groups excluding tert-OH is 1. The topological polar surface area (TPSA) is 37.3 Å². The molecule has 23 heavy (non-hydrogen) atoms. The zero-order valence-electron chi connectivity index (χ0n) is 16.4. The molecule has 0 amide bonds. The second kappa shape index (κ2) is 5.36. The maximum absolute atomic E-state index is 13.1. The number of allylic oxidation sites excluding steroid dienone is 2. The molecule has 0 radical (unpaired) electrons. The normalized spacial score (nSPS) is 42.9. The first kappa shape index (κ1) is 18.5. The van der Waals surface area contributed by atoms with Crippen LogP contribution in [0.3, 0.4) is 0 Å². The van der Waals surface area contributed by atoms with Gasteiger partial charge in [0.15, 0.2) is 5.78 Å². The van der Waals surface area contributed by atoms with Crippen molar-refractivity contribution in [2.45, 2.75) is 81.1 Å². The van der Waals surface area contributed by atoms with Gasteiger partial charge < -0.3 is 5.11 Å². The molecule has 0 bridgehead atoms. The molecule has 0 heterocycles. The van der Waals surface area contributed by atoms with Crippen molar-refractivity contribution >= 4 is 5.78 Å². The summed E-state index contributed by atoms with van der Waals surface area (Å²) in [5, 5.41) is 10.9. The van der Waals surface area contributed by atoms with Crippen LogP contribution in [-0.2, 0) is 4.79 Å². The minimum absolute atomic E-state index is 0.00720. The van der Waals surface area contributed by atoms with Crippen LogP contribution in [0, 0.1) is 33.5 Å². The highest BCUT2D eigenvalue weighted by atomic mass is 16.3. The summed E-state index contributed by atoms with van der Waals surface area (Å²) in [6.45, 7) is 17.6. The van der Waals surface area contributed by atoms with E-state index >= 15 is 0 Å². The second-order valence-electron chi connectivity index (χ2n) is 9.88. The molecule has 2 heteroatoms. The fourth-order valence-electron chi connectivity index (χ4n) is 4.81. The van der Waals surface area contributed by atoms with Gasteiger partial charge in [0, 0.05) is 16.9 Å². The van der Waals surface area contributed by atoms with Gasteiger partial charge in [-0.3, -0.25) is 4.79 Å². The van der Waals surface area contributed by atoms with E-state index in [4.69, 9.17) is 0 Å². The summed E-state index contributed by atoms with van der Waals surface area (Å²) in [7, 11) is 0. The predicted molar refractivity (Wildman–Crippen MR) is 96.3 cm³/mol. The molecule has 1 N–H and O–H groups in total. The van der Waals surface area contributed by atoms with Gasteiger partial charge in [0.25, 0.3) is 0 Å². The van der Waals surface area contributed by atoms with Crippen molar-refractivity contribution in [3.05, 3.63) is 11.8 Å². The Kier molecular flexibility index (Phi) is 4.32. The third-order valence-electron chi connectivity index (χ3n) is 8.84. The van der Waals surface area contributed by atoms with E-state index < -0.39 is 0 Å². The van der Waals surface area contributed by atoms with Crippen molar-refractivity contribution < 1.29 is 9.90 Å². The van der Waals surface area contributed by atoms with Crippen LogP contribution < -0.4 is 0 Å². The number of carbonyl (C=O) groups excluding carboxylic acids is 1. The van der Waals surface area contributed by atoms with E-state index in [1.807, 2.05) is 0 Å². The Hall–Kier alpha value is -0.790. The molecule has 2 aliphatic rings. The highest BCUT2D eigenvalue weighted by Crippen LogP contribution is 2.60. The first-order chi connectivity index (χ1) is 10.3. The van der Waals surface area contributed by atoms with Crippen molar-refractivity contribution in [1.29, 1.82) is 0 Å². The minimum Gasteiger partial charge on any atom is -0.512 e. The van der Waals surface area contributed by atoms with Gasteiger partial charge >= 0.3 is 0 Å². The lowest BCUT2D eigenvalue weighted by Crippen LogP contribution is -2.40. The molecule has 0 saturated heterocycles. The summed E-state index contributed by atoms with van der Waals surface area (Å²) in [4.78, 5) is 13.1. The van der Waals surface area contributed by atoms with Gasteiger partial charge in [0.05, 0.1) is 0 Å². The SMILES string of the molecule is C[C@@H]1CC[C@](C)(C(=O)/C=C(\O)[C@]2(C)CC[C@H](C)C2(C)C)C1(C)C. The average Bonchev–Trinajstić information content (AvgIpc) is 2.79. The molecule has 0 aromatic rings. The van der Waals surface area contributed by atoms with Gasteiger partial charge in [0.2, 0.25) is 0 Å². The van der Waals surface area contributed by atoms with Crippen molar-refractivity contribution in [3.8, 4) is 0 Å². The number of hydrogen-bond donors (Lipinski definition) is 1. The summed E-state index contributed by atoms with van der Waals surface area (Å²) in [5.74, 6) is 1.50.